The summed E-state index contributed by atoms with van der Waals surface area (Å²) in [6.07, 6.45) is 1.89. The molecule has 1 aliphatic heterocycles. The minimum atomic E-state index is 0.588. The predicted octanol–water partition coefficient (Wildman–Crippen LogP) is 3.25. The van der Waals surface area contributed by atoms with Crippen LogP contribution in [0, 0.1) is 0 Å². The van der Waals surface area contributed by atoms with Crippen molar-refractivity contribution >= 4 is 11.6 Å². The van der Waals surface area contributed by atoms with Crippen molar-refractivity contribution in [3.05, 3.63) is 64.4 Å². The van der Waals surface area contributed by atoms with Gasteiger partial charge in [0.15, 0.2) is 0 Å². The van der Waals surface area contributed by atoms with E-state index >= 15 is 0 Å². The zero-order chi connectivity index (χ0) is 11.7. The van der Waals surface area contributed by atoms with Crippen LogP contribution < -0.4 is 0 Å². The Morgan fingerprint density at radius 2 is 1.88 bits per heavy atom. The summed E-state index contributed by atoms with van der Waals surface area (Å²) in [5, 5.41) is 0.588. The van der Waals surface area contributed by atoms with Crippen molar-refractivity contribution in [2.75, 3.05) is 0 Å². The SMILES string of the molecule is Clc1cc2c(cn1)CN(Cc1ccccc1)C2. The second kappa shape index (κ2) is 4.47. The minimum Gasteiger partial charge on any atom is -0.290 e. The van der Waals surface area contributed by atoms with Crippen molar-refractivity contribution in [2.45, 2.75) is 19.6 Å². The molecule has 0 saturated heterocycles. The third-order valence-corrected chi connectivity index (χ3v) is 3.29. The summed E-state index contributed by atoms with van der Waals surface area (Å²) in [5.41, 5.74) is 3.95. The van der Waals surface area contributed by atoms with Gasteiger partial charge in [-0.25, -0.2) is 4.98 Å². The lowest BCUT2D eigenvalue weighted by molar-refractivity contribution is 0.275. The number of fused-ring (bicyclic) bond motifs is 1. The molecule has 0 aliphatic carbocycles. The molecule has 0 atom stereocenters. The van der Waals surface area contributed by atoms with Crippen LogP contribution in [0.2, 0.25) is 5.15 Å². The molecule has 3 rings (SSSR count). The van der Waals surface area contributed by atoms with Crippen LogP contribution in [-0.4, -0.2) is 9.88 Å². The maximum atomic E-state index is 5.90. The third kappa shape index (κ3) is 2.33. The van der Waals surface area contributed by atoms with Gasteiger partial charge >= 0.3 is 0 Å². The first-order valence-corrected chi connectivity index (χ1v) is 6.08. The van der Waals surface area contributed by atoms with E-state index in [1.54, 1.807) is 0 Å². The average molecular weight is 245 g/mol. The van der Waals surface area contributed by atoms with Gasteiger partial charge in [0.1, 0.15) is 5.15 Å². The van der Waals surface area contributed by atoms with E-state index in [9.17, 15) is 0 Å². The molecule has 2 aromatic rings. The summed E-state index contributed by atoms with van der Waals surface area (Å²) in [6.45, 7) is 2.91. The van der Waals surface area contributed by atoms with Crippen molar-refractivity contribution < 1.29 is 0 Å². The molecule has 1 aromatic carbocycles. The molecule has 17 heavy (non-hydrogen) atoms. The van der Waals surface area contributed by atoms with Gasteiger partial charge in [-0.2, -0.15) is 0 Å². The van der Waals surface area contributed by atoms with Gasteiger partial charge in [-0.3, -0.25) is 4.90 Å². The van der Waals surface area contributed by atoms with E-state index in [-0.39, 0.29) is 0 Å². The molecule has 0 fully saturated rings. The fourth-order valence-electron chi connectivity index (χ4n) is 2.28. The van der Waals surface area contributed by atoms with Crippen LogP contribution in [0.5, 0.6) is 0 Å². The molecule has 0 amide bonds. The lowest BCUT2D eigenvalue weighted by Gasteiger charge is -2.14. The molecule has 3 heteroatoms. The molecule has 86 valence electrons. The van der Waals surface area contributed by atoms with E-state index < -0.39 is 0 Å². The van der Waals surface area contributed by atoms with Gasteiger partial charge in [0.2, 0.25) is 0 Å². The highest BCUT2D eigenvalue weighted by Gasteiger charge is 2.19. The minimum absolute atomic E-state index is 0.588. The molecular weight excluding hydrogens is 232 g/mol. The predicted molar refractivity (Wildman–Crippen MR) is 68.6 cm³/mol. The van der Waals surface area contributed by atoms with Crippen LogP contribution in [0.4, 0.5) is 0 Å². The van der Waals surface area contributed by atoms with Crippen LogP contribution in [0.3, 0.4) is 0 Å². The summed E-state index contributed by atoms with van der Waals surface area (Å²) in [7, 11) is 0. The summed E-state index contributed by atoms with van der Waals surface area (Å²) < 4.78 is 0. The lowest BCUT2D eigenvalue weighted by Crippen LogP contribution is -2.15. The first-order chi connectivity index (χ1) is 8.31. The molecular formula is C14H13ClN2. The van der Waals surface area contributed by atoms with Gasteiger partial charge in [0, 0.05) is 25.8 Å². The lowest BCUT2D eigenvalue weighted by atomic mass is 10.2. The van der Waals surface area contributed by atoms with Gasteiger partial charge in [-0.1, -0.05) is 41.9 Å². The number of aromatic nitrogens is 1. The van der Waals surface area contributed by atoms with Gasteiger partial charge in [-0.05, 0) is 22.8 Å². The van der Waals surface area contributed by atoms with Crippen molar-refractivity contribution in [2.24, 2.45) is 0 Å². The van der Waals surface area contributed by atoms with Crippen LogP contribution in [0.25, 0.3) is 0 Å². The Morgan fingerprint density at radius 3 is 2.71 bits per heavy atom. The Kier molecular flexibility index (Phi) is 2.83. The second-order valence-corrected chi connectivity index (χ2v) is 4.79. The molecule has 0 spiro atoms. The molecule has 1 aliphatic rings. The zero-order valence-corrected chi connectivity index (χ0v) is 10.2. The molecule has 2 nitrogen and oxygen atoms in total. The zero-order valence-electron chi connectivity index (χ0n) is 9.44. The highest BCUT2D eigenvalue weighted by Crippen LogP contribution is 2.25. The fourth-order valence-corrected chi connectivity index (χ4v) is 2.46. The van der Waals surface area contributed by atoms with Gasteiger partial charge in [0.25, 0.3) is 0 Å². The smallest absolute Gasteiger partial charge is 0.129 e. The monoisotopic (exact) mass is 244 g/mol. The number of benzene rings is 1. The quantitative estimate of drug-likeness (QED) is 0.754. The maximum Gasteiger partial charge on any atom is 0.129 e. The molecule has 0 N–H and O–H groups in total. The van der Waals surface area contributed by atoms with Crippen molar-refractivity contribution in [1.29, 1.82) is 0 Å². The molecule has 2 heterocycles. The molecule has 1 aromatic heterocycles. The van der Waals surface area contributed by atoms with E-state index in [0.29, 0.717) is 5.15 Å². The molecule has 0 saturated carbocycles. The Balaban J connectivity index is 1.74. The van der Waals surface area contributed by atoms with Crippen LogP contribution in [0.15, 0.2) is 42.6 Å². The van der Waals surface area contributed by atoms with E-state index in [4.69, 9.17) is 11.6 Å². The Bertz CT molecular complexity index is 525. The fraction of sp³-hybridized carbons (Fsp3) is 0.214. The number of hydrogen-bond donors (Lipinski definition) is 0. The first-order valence-electron chi connectivity index (χ1n) is 5.71. The summed E-state index contributed by atoms with van der Waals surface area (Å²) in [5.74, 6) is 0. The topological polar surface area (TPSA) is 16.1 Å². The Morgan fingerprint density at radius 1 is 1.12 bits per heavy atom. The number of nitrogens with zero attached hydrogens (tertiary/aromatic N) is 2. The highest BCUT2D eigenvalue weighted by molar-refractivity contribution is 6.29. The summed E-state index contributed by atoms with van der Waals surface area (Å²) >= 11 is 5.90. The van der Waals surface area contributed by atoms with E-state index in [0.717, 1.165) is 19.6 Å². The first kappa shape index (κ1) is 10.8. The summed E-state index contributed by atoms with van der Waals surface area (Å²) in [6, 6.07) is 12.5. The van der Waals surface area contributed by atoms with Crippen LogP contribution >= 0.6 is 11.6 Å². The summed E-state index contributed by atoms with van der Waals surface area (Å²) in [4.78, 5) is 6.53. The van der Waals surface area contributed by atoms with E-state index in [1.165, 1.54) is 16.7 Å². The second-order valence-electron chi connectivity index (χ2n) is 4.41. The van der Waals surface area contributed by atoms with Gasteiger partial charge < -0.3 is 0 Å². The molecule has 0 bridgehead atoms. The third-order valence-electron chi connectivity index (χ3n) is 3.09. The Labute approximate surface area is 106 Å². The largest absolute Gasteiger partial charge is 0.290 e. The maximum absolute atomic E-state index is 5.90. The molecule has 0 radical (unpaired) electrons. The molecule has 0 unspecified atom stereocenters. The standard InChI is InChI=1S/C14H13ClN2/c15-14-6-12-9-17(10-13(12)7-16-14)8-11-4-2-1-3-5-11/h1-7H,8-10H2. The number of pyridine rings is 1. The number of hydrogen-bond acceptors (Lipinski definition) is 2. The van der Waals surface area contributed by atoms with E-state index in [1.807, 2.05) is 18.3 Å². The van der Waals surface area contributed by atoms with Crippen molar-refractivity contribution in [1.82, 2.24) is 9.88 Å². The van der Waals surface area contributed by atoms with Crippen LogP contribution in [-0.2, 0) is 19.6 Å². The average Bonchev–Trinajstić information content (AvgIpc) is 2.71. The number of halogens is 1. The van der Waals surface area contributed by atoms with Gasteiger partial charge in [-0.15, -0.1) is 0 Å². The van der Waals surface area contributed by atoms with Crippen LogP contribution in [0.1, 0.15) is 16.7 Å². The van der Waals surface area contributed by atoms with E-state index in [2.05, 4.69) is 34.1 Å². The number of rotatable bonds is 2. The highest BCUT2D eigenvalue weighted by atomic mass is 35.5. The van der Waals surface area contributed by atoms with Crippen molar-refractivity contribution in [3.63, 3.8) is 0 Å². The Hall–Kier alpha value is -1.38. The van der Waals surface area contributed by atoms with Crippen molar-refractivity contribution in [3.8, 4) is 0 Å². The normalized spacial score (nSPS) is 14.9. The van der Waals surface area contributed by atoms with Gasteiger partial charge in [0.05, 0.1) is 0 Å².